The highest BCUT2D eigenvalue weighted by molar-refractivity contribution is 7.77. The van der Waals surface area contributed by atoms with E-state index < -0.39 is 6.89 Å². The molecule has 2 rings (SSSR count). The van der Waals surface area contributed by atoms with Crippen molar-refractivity contribution in [3.05, 3.63) is 24.3 Å². The molecule has 0 saturated carbocycles. The van der Waals surface area contributed by atoms with Crippen LogP contribution in [0, 0.1) is 0 Å². The van der Waals surface area contributed by atoms with Gasteiger partial charge in [-0.05, 0) is 42.5 Å². The summed E-state index contributed by atoms with van der Waals surface area (Å²) in [6, 6.07) is 0. The van der Waals surface area contributed by atoms with Gasteiger partial charge in [0.05, 0.1) is 0 Å². The van der Waals surface area contributed by atoms with E-state index in [0.29, 0.717) is 0 Å². The van der Waals surface area contributed by atoms with Gasteiger partial charge in [-0.2, -0.15) is 0 Å². The molecule has 0 N–H and O–H groups in total. The molecule has 0 amide bonds. The van der Waals surface area contributed by atoms with Gasteiger partial charge in [0.25, 0.3) is 0 Å². The Labute approximate surface area is 88.1 Å². The van der Waals surface area contributed by atoms with Gasteiger partial charge < -0.3 is 0 Å². The molecule has 2 aliphatic rings. The van der Waals surface area contributed by atoms with Crippen molar-refractivity contribution < 1.29 is 0 Å². The van der Waals surface area contributed by atoms with E-state index in [1.807, 2.05) is 0 Å². The summed E-state index contributed by atoms with van der Waals surface area (Å²) in [4.78, 5) is 0. The maximum Gasteiger partial charge on any atom is -0.0207 e. The maximum absolute atomic E-state index is 2.41. The molecule has 1 aliphatic carbocycles. The van der Waals surface area contributed by atoms with Crippen molar-refractivity contribution in [3.8, 4) is 0 Å². The van der Waals surface area contributed by atoms with E-state index >= 15 is 0 Å². The van der Waals surface area contributed by atoms with Gasteiger partial charge in [0.15, 0.2) is 0 Å². The van der Waals surface area contributed by atoms with Crippen LogP contribution in [0.3, 0.4) is 0 Å². The molecule has 1 heteroatoms. The summed E-state index contributed by atoms with van der Waals surface area (Å²) < 4.78 is 0. The smallest absolute Gasteiger partial charge is 0.0207 e. The summed E-state index contributed by atoms with van der Waals surface area (Å²) >= 11 is 0. The fraction of sp³-hybridized carbons (Fsp3) is 0.615. The first-order valence-corrected chi connectivity index (χ1v) is 8.15. The summed E-state index contributed by atoms with van der Waals surface area (Å²) in [6.07, 6.45) is 16.5. The average Bonchev–Trinajstić information content (AvgIpc) is 2.86. The van der Waals surface area contributed by atoms with Gasteiger partial charge in [-0.3, -0.25) is 0 Å². The fourth-order valence-electron chi connectivity index (χ4n) is 3.19. The average molecular weight is 208 g/mol. The Morgan fingerprint density at radius 2 is 2.00 bits per heavy atom. The van der Waals surface area contributed by atoms with E-state index in [4.69, 9.17) is 0 Å². The molecular weight excluding hydrogens is 187 g/mol. The van der Waals surface area contributed by atoms with Crippen molar-refractivity contribution in [1.82, 2.24) is 0 Å². The highest BCUT2D eigenvalue weighted by atomic mass is 31.2. The zero-order valence-electron chi connectivity index (χ0n) is 9.37. The molecule has 1 fully saturated rings. The van der Waals surface area contributed by atoms with Crippen molar-refractivity contribution in [2.24, 2.45) is 0 Å². The minimum Gasteiger partial charge on any atom is -0.0947 e. The van der Waals surface area contributed by atoms with Gasteiger partial charge in [0, 0.05) is 0 Å². The van der Waals surface area contributed by atoms with E-state index in [9.17, 15) is 0 Å². The minimum atomic E-state index is -0.742. The molecule has 0 bridgehead atoms. The predicted octanol–water partition coefficient (Wildman–Crippen LogP) is 3.89. The number of rotatable bonds is 2. The van der Waals surface area contributed by atoms with Crippen molar-refractivity contribution in [2.45, 2.75) is 38.8 Å². The Bertz CT molecular complexity index is 306. The van der Waals surface area contributed by atoms with Crippen LogP contribution in [-0.2, 0) is 0 Å². The van der Waals surface area contributed by atoms with Gasteiger partial charge in [0.2, 0.25) is 0 Å². The van der Waals surface area contributed by atoms with Crippen LogP contribution in [0.2, 0.25) is 0 Å². The van der Waals surface area contributed by atoms with E-state index in [1.165, 1.54) is 31.6 Å². The Morgan fingerprint density at radius 1 is 1.29 bits per heavy atom. The summed E-state index contributed by atoms with van der Waals surface area (Å²) in [5.74, 6) is 0. The highest BCUT2D eigenvalue weighted by Crippen LogP contribution is 2.61. The van der Waals surface area contributed by atoms with Gasteiger partial charge in [-0.1, -0.05) is 45.0 Å². The first-order valence-electron chi connectivity index (χ1n) is 5.92. The maximum atomic E-state index is 2.41. The van der Waals surface area contributed by atoms with Crippen molar-refractivity contribution >= 4 is 12.2 Å². The van der Waals surface area contributed by atoms with E-state index in [0.717, 1.165) is 5.66 Å². The van der Waals surface area contributed by atoms with Crippen LogP contribution in [0.4, 0.5) is 0 Å². The number of hydrogen-bond donors (Lipinski definition) is 0. The van der Waals surface area contributed by atoms with Crippen molar-refractivity contribution in [2.75, 3.05) is 12.3 Å². The molecule has 14 heavy (non-hydrogen) atoms. The lowest BCUT2D eigenvalue weighted by Gasteiger charge is -2.28. The molecule has 0 nitrogen and oxygen atoms in total. The fourth-order valence-corrected chi connectivity index (χ4v) is 8.32. The Kier molecular flexibility index (Phi) is 3.02. The zero-order chi connectivity index (χ0) is 10.0. The number of allylic oxidation sites excluding steroid dienone is 4. The lowest BCUT2D eigenvalue weighted by atomic mass is 10.2. The molecular formula is C13H21P. The Balaban J connectivity index is 2.47. The zero-order valence-corrected chi connectivity index (χ0v) is 10.3. The summed E-state index contributed by atoms with van der Waals surface area (Å²) in [6.45, 7) is 4.05. The topological polar surface area (TPSA) is 0 Å². The molecule has 1 aliphatic heterocycles. The SMILES string of the molecule is CCC1CCCP1(CC)=C1C=CC=C1. The highest BCUT2D eigenvalue weighted by Gasteiger charge is 2.32. The largest absolute Gasteiger partial charge is 0.0947 e. The summed E-state index contributed by atoms with van der Waals surface area (Å²) in [5.41, 5.74) is 1.04. The second kappa shape index (κ2) is 4.11. The first-order chi connectivity index (χ1) is 6.83. The minimum absolute atomic E-state index is 0.742. The van der Waals surface area contributed by atoms with Crippen LogP contribution in [0.5, 0.6) is 0 Å². The monoisotopic (exact) mass is 208 g/mol. The molecule has 1 saturated heterocycles. The molecule has 2 atom stereocenters. The third-order valence-electron chi connectivity index (χ3n) is 3.99. The van der Waals surface area contributed by atoms with Gasteiger partial charge >= 0.3 is 0 Å². The lowest BCUT2D eigenvalue weighted by Crippen LogP contribution is -2.09. The van der Waals surface area contributed by atoms with Crippen LogP contribution >= 0.6 is 6.89 Å². The lowest BCUT2D eigenvalue weighted by molar-refractivity contribution is 0.754. The second-order valence-electron chi connectivity index (χ2n) is 4.42. The van der Waals surface area contributed by atoms with Crippen LogP contribution in [0.1, 0.15) is 33.1 Å². The predicted molar refractivity (Wildman–Crippen MR) is 68.9 cm³/mol. The molecule has 0 aromatic heterocycles. The van der Waals surface area contributed by atoms with Gasteiger partial charge in [0.1, 0.15) is 0 Å². The van der Waals surface area contributed by atoms with Crippen molar-refractivity contribution in [3.63, 3.8) is 0 Å². The first kappa shape index (κ1) is 10.3. The summed E-state index contributed by atoms with van der Waals surface area (Å²) in [7, 11) is 0. The molecule has 2 unspecified atom stereocenters. The van der Waals surface area contributed by atoms with E-state index in [-0.39, 0.29) is 0 Å². The van der Waals surface area contributed by atoms with Crippen LogP contribution < -0.4 is 0 Å². The quantitative estimate of drug-likeness (QED) is 0.604. The van der Waals surface area contributed by atoms with Crippen LogP contribution in [0.15, 0.2) is 24.3 Å². The van der Waals surface area contributed by atoms with Crippen LogP contribution in [-0.4, -0.2) is 23.3 Å². The Hall–Kier alpha value is -0.220. The molecule has 1 heterocycles. The third kappa shape index (κ3) is 1.44. The number of hydrogen-bond acceptors (Lipinski definition) is 0. The van der Waals surface area contributed by atoms with Crippen molar-refractivity contribution in [1.29, 1.82) is 0 Å². The molecule has 0 aromatic carbocycles. The standard InChI is InChI=1S/C13H21P/c1-3-12-10-7-11-14(12,4-2)13-8-5-6-9-13/h5-6,8-9,12H,3-4,7,10-11H2,1-2H3. The van der Waals surface area contributed by atoms with Crippen LogP contribution in [0.25, 0.3) is 0 Å². The summed E-state index contributed by atoms with van der Waals surface area (Å²) in [5, 5.41) is 1.71. The molecule has 78 valence electrons. The molecule has 0 radical (unpaired) electrons. The van der Waals surface area contributed by atoms with Gasteiger partial charge in [-0.25, -0.2) is 0 Å². The third-order valence-corrected chi connectivity index (χ3v) is 9.58. The van der Waals surface area contributed by atoms with E-state index in [2.05, 4.69) is 38.2 Å². The van der Waals surface area contributed by atoms with E-state index in [1.54, 1.807) is 5.29 Å². The molecule has 0 aromatic rings. The van der Waals surface area contributed by atoms with Gasteiger partial charge in [-0.15, -0.1) is 0 Å². The molecule has 0 spiro atoms. The second-order valence-corrected chi connectivity index (χ2v) is 8.82. The normalized spacial score (nSPS) is 35.9. The Morgan fingerprint density at radius 3 is 2.57 bits per heavy atom.